The summed E-state index contributed by atoms with van der Waals surface area (Å²) in [4.78, 5) is 34.5. The van der Waals surface area contributed by atoms with E-state index in [1.807, 2.05) is 6.92 Å². The second kappa shape index (κ2) is 8.68. The van der Waals surface area contributed by atoms with Crippen LogP contribution in [0.25, 0.3) is 0 Å². The van der Waals surface area contributed by atoms with Crippen molar-refractivity contribution in [1.29, 1.82) is 0 Å². The zero-order valence-electron chi connectivity index (χ0n) is 11.3. The van der Waals surface area contributed by atoms with Gasteiger partial charge in [0.25, 0.3) is 0 Å². The van der Waals surface area contributed by atoms with Gasteiger partial charge in [0.2, 0.25) is 5.91 Å². The first kappa shape index (κ1) is 17.5. The second-order valence-corrected chi connectivity index (χ2v) is 5.94. The van der Waals surface area contributed by atoms with Crippen molar-refractivity contribution in [3.05, 3.63) is 28.2 Å². The molecule has 21 heavy (non-hydrogen) atoms. The molecule has 0 radical (unpaired) electrons. The van der Waals surface area contributed by atoms with Crippen molar-refractivity contribution in [2.75, 3.05) is 12.3 Å². The highest BCUT2D eigenvalue weighted by molar-refractivity contribution is 9.10. The van der Waals surface area contributed by atoms with E-state index < -0.39 is 17.9 Å². The number of thioether (sulfide) groups is 1. The van der Waals surface area contributed by atoms with Gasteiger partial charge in [0, 0.05) is 15.9 Å². The number of aromatic carboxylic acids is 1. The summed E-state index contributed by atoms with van der Waals surface area (Å²) in [6, 6.07) is 4.26. The average Bonchev–Trinajstić information content (AvgIpc) is 2.43. The van der Waals surface area contributed by atoms with Crippen LogP contribution < -0.4 is 10.6 Å². The van der Waals surface area contributed by atoms with E-state index in [2.05, 4.69) is 26.6 Å². The van der Waals surface area contributed by atoms with Gasteiger partial charge in [-0.1, -0.05) is 6.92 Å². The third-order valence-electron chi connectivity index (χ3n) is 2.33. The zero-order chi connectivity index (χ0) is 15.8. The molecule has 0 unspecified atom stereocenters. The molecular weight excluding hydrogens is 360 g/mol. The van der Waals surface area contributed by atoms with Gasteiger partial charge in [0.1, 0.15) is 0 Å². The summed E-state index contributed by atoms with van der Waals surface area (Å²) < 4.78 is 0.475. The summed E-state index contributed by atoms with van der Waals surface area (Å²) >= 11 is 4.30. The zero-order valence-corrected chi connectivity index (χ0v) is 13.7. The molecule has 0 saturated heterocycles. The van der Waals surface area contributed by atoms with Gasteiger partial charge in [-0.2, -0.15) is 0 Å². The molecule has 0 atom stereocenters. The van der Waals surface area contributed by atoms with Crippen LogP contribution in [0, 0.1) is 0 Å². The number of urea groups is 1. The minimum Gasteiger partial charge on any atom is -0.478 e. The van der Waals surface area contributed by atoms with E-state index in [0.717, 1.165) is 18.2 Å². The van der Waals surface area contributed by atoms with E-state index in [9.17, 15) is 14.4 Å². The van der Waals surface area contributed by atoms with Gasteiger partial charge in [0.15, 0.2) is 0 Å². The number of carboxylic acids is 1. The number of halogens is 1. The van der Waals surface area contributed by atoms with Crippen LogP contribution in [0.3, 0.4) is 0 Å². The molecule has 1 rings (SSSR count). The van der Waals surface area contributed by atoms with Crippen LogP contribution in [0.2, 0.25) is 0 Å². The Balaban J connectivity index is 2.52. The van der Waals surface area contributed by atoms with Crippen molar-refractivity contribution < 1.29 is 19.5 Å². The number of imide groups is 1. The van der Waals surface area contributed by atoms with Crippen LogP contribution in [-0.2, 0) is 4.79 Å². The second-order valence-electron chi connectivity index (χ2n) is 4.04. The first-order valence-corrected chi connectivity index (χ1v) is 7.95. The Hall–Kier alpha value is -1.54. The molecule has 8 heteroatoms. The van der Waals surface area contributed by atoms with E-state index in [1.165, 1.54) is 6.07 Å². The monoisotopic (exact) mass is 374 g/mol. The molecule has 0 aromatic heterocycles. The topological polar surface area (TPSA) is 95.5 Å². The molecule has 0 bridgehead atoms. The number of carbonyl (C=O) groups excluding carboxylic acids is 2. The maximum atomic E-state index is 11.6. The number of rotatable bonds is 6. The number of hydrogen-bond donors (Lipinski definition) is 3. The van der Waals surface area contributed by atoms with Gasteiger partial charge in [0.05, 0.1) is 11.3 Å². The Labute approximate surface area is 134 Å². The number of carboxylic acid groups (broad SMARTS) is 1. The first-order chi connectivity index (χ1) is 9.93. The summed E-state index contributed by atoms with van der Waals surface area (Å²) in [5.41, 5.74) is 0.126. The Morgan fingerprint density at radius 2 is 2.05 bits per heavy atom. The maximum absolute atomic E-state index is 11.6. The van der Waals surface area contributed by atoms with Gasteiger partial charge < -0.3 is 10.4 Å². The van der Waals surface area contributed by atoms with E-state index in [1.54, 1.807) is 12.1 Å². The lowest BCUT2D eigenvalue weighted by Gasteiger charge is -2.06. The fraction of sp³-hybridized carbons (Fsp3) is 0.308. The number of hydrogen-bond acceptors (Lipinski definition) is 4. The van der Waals surface area contributed by atoms with E-state index in [-0.39, 0.29) is 11.3 Å². The highest BCUT2D eigenvalue weighted by Gasteiger charge is 2.11. The number of nitrogens with one attached hydrogen (secondary N) is 2. The third-order valence-corrected chi connectivity index (χ3v) is 4.01. The molecule has 0 aliphatic rings. The lowest BCUT2D eigenvalue weighted by molar-refractivity contribution is -0.117. The molecule has 0 spiro atoms. The fourth-order valence-corrected chi connectivity index (χ4v) is 2.50. The summed E-state index contributed by atoms with van der Waals surface area (Å²) in [6.45, 7) is 2.41. The van der Waals surface area contributed by atoms with Gasteiger partial charge in [-0.15, -0.1) is 11.8 Å². The molecule has 0 aliphatic carbocycles. The van der Waals surface area contributed by atoms with Crippen LogP contribution in [0.15, 0.2) is 27.6 Å². The Morgan fingerprint density at radius 1 is 1.33 bits per heavy atom. The summed E-state index contributed by atoms with van der Waals surface area (Å²) in [6.07, 6.45) is 0.785. The minimum absolute atomic E-state index is 0.0280. The van der Waals surface area contributed by atoms with Crippen molar-refractivity contribution in [3.8, 4) is 0 Å². The summed E-state index contributed by atoms with van der Waals surface area (Å²) in [5, 5.41) is 13.7. The molecule has 3 N–H and O–H groups in total. The Bertz CT molecular complexity index is 551. The smallest absolute Gasteiger partial charge is 0.336 e. The van der Waals surface area contributed by atoms with Crippen molar-refractivity contribution in [2.45, 2.75) is 18.2 Å². The first-order valence-electron chi connectivity index (χ1n) is 6.17. The van der Waals surface area contributed by atoms with Gasteiger partial charge in [-0.3, -0.25) is 10.1 Å². The molecule has 0 fully saturated rings. The Kier molecular flexibility index (Phi) is 7.24. The van der Waals surface area contributed by atoms with Crippen molar-refractivity contribution in [3.63, 3.8) is 0 Å². The van der Waals surface area contributed by atoms with Crippen molar-refractivity contribution in [2.24, 2.45) is 0 Å². The SMILES string of the molecule is CCCNC(=O)NC(=O)CSc1ccc(Br)c(C(=O)O)c1. The molecule has 0 saturated carbocycles. The van der Waals surface area contributed by atoms with E-state index >= 15 is 0 Å². The van der Waals surface area contributed by atoms with Crippen LogP contribution in [0.4, 0.5) is 4.79 Å². The van der Waals surface area contributed by atoms with Gasteiger partial charge >= 0.3 is 12.0 Å². The summed E-state index contributed by atoms with van der Waals surface area (Å²) in [5.74, 6) is -1.46. The highest BCUT2D eigenvalue weighted by Crippen LogP contribution is 2.24. The lowest BCUT2D eigenvalue weighted by Crippen LogP contribution is -2.40. The van der Waals surface area contributed by atoms with Gasteiger partial charge in [-0.05, 0) is 40.5 Å². The van der Waals surface area contributed by atoms with Crippen molar-refractivity contribution in [1.82, 2.24) is 10.6 Å². The van der Waals surface area contributed by atoms with Gasteiger partial charge in [-0.25, -0.2) is 9.59 Å². The van der Waals surface area contributed by atoms with Crippen LogP contribution in [-0.4, -0.2) is 35.3 Å². The number of benzene rings is 1. The standard InChI is InChI=1S/C13H15BrN2O4S/c1-2-5-15-13(20)16-11(17)7-21-8-3-4-10(14)9(6-8)12(18)19/h3-4,6H,2,5,7H2,1H3,(H,18,19)(H2,15,16,17,20). The van der Waals surface area contributed by atoms with E-state index in [0.29, 0.717) is 15.9 Å². The minimum atomic E-state index is -1.05. The molecule has 1 aromatic carbocycles. The fourth-order valence-electron chi connectivity index (χ4n) is 1.35. The predicted molar refractivity (Wildman–Crippen MR) is 83.7 cm³/mol. The van der Waals surface area contributed by atoms with E-state index in [4.69, 9.17) is 5.11 Å². The van der Waals surface area contributed by atoms with Crippen LogP contribution >= 0.6 is 27.7 Å². The molecular formula is C13H15BrN2O4S. The normalized spacial score (nSPS) is 10.0. The van der Waals surface area contributed by atoms with Crippen LogP contribution in [0.5, 0.6) is 0 Å². The molecule has 3 amide bonds. The molecule has 0 aliphatic heterocycles. The molecule has 6 nitrogen and oxygen atoms in total. The Morgan fingerprint density at radius 3 is 2.67 bits per heavy atom. The average molecular weight is 375 g/mol. The lowest BCUT2D eigenvalue weighted by atomic mass is 10.2. The maximum Gasteiger partial charge on any atom is 0.336 e. The van der Waals surface area contributed by atoms with Crippen LogP contribution in [0.1, 0.15) is 23.7 Å². The molecule has 114 valence electrons. The predicted octanol–water partition coefficient (Wildman–Crippen LogP) is 2.48. The quantitative estimate of drug-likeness (QED) is 0.664. The highest BCUT2D eigenvalue weighted by atomic mass is 79.9. The van der Waals surface area contributed by atoms with Crippen molar-refractivity contribution >= 4 is 45.6 Å². The molecule has 1 aromatic rings. The summed E-state index contributed by atoms with van der Waals surface area (Å²) in [7, 11) is 0. The molecule has 0 heterocycles. The number of carbonyl (C=O) groups is 3. The number of amides is 3. The largest absolute Gasteiger partial charge is 0.478 e. The third kappa shape index (κ3) is 6.17.